The summed E-state index contributed by atoms with van der Waals surface area (Å²) >= 11 is 6.06. The maximum Gasteiger partial charge on any atom is 0.241 e. The van der Waals surface area contributed by atoms with E-state index in [0.717, 1.165) is 11.1 Å². The van der Waals surface area contributed by atoms with Gasteiger partial charge in [-0.25, -0.2) is 13.1 Å². The second-order valence-corrected chi connectivity index (χ2v) is 7.62. The SMILES string of the molecule is Cc1c(CNC(C)C)cc(Cl)cc1S(=O)(=O)NC(C)C. The highest BCUT2D eigenvalue weighted by Crippen LogP contribution is 2.24. The summed E-state index contributed by atoms with van der Waals surface area (Å²) in [5.74, 6) is 0. The summed E-state index contributed by atoms with van der Waals surface area (Å²) in [4.78, 5) is 0.249. The van der Waals surface area contributed by atoms with Crippen LogP contribution in [0.3, 0.4) is 0 Å². The van der Waals surface area contributed by atoms with Crippen LogP contribution in [0.25, 0.3) is 0 Å². The van der Waals surface area contributed by atoms with Gasteiger partial charge in [0.15, 0.2) is 0 Å². The lowest BCUT2D eigenvalue weighted by atomic mass is 10.1. The summed E-state index contributed by atoms with van der Waals surface area (Å²) < 4.78 is 27.2. The minimum Gasteiger partial charge on any atom is -0.310 e. The van der Waals surface area contributed by atoms with Crippen molar-refractivity contribution in [2.24, 2.45) is 0 Å². The molecule has 0 amide bonds. The lowest BCUT2D eigenvalue weighted by molar-refractivity contribution is 0.567. The second-order valence-electron chi connectivity index (χ2n) is 5.50. The van der Waals surface area contributed by atoms with Crippen LogP contribution < -0.4 is 10.0 Å². The fraction of sp³-hybridized carbons (Fsp3) is 0.571. The first-order chi connectivity index (χ1) is 9.13. The molecule has 20 heavy (non-hydrogen) atoms. The fourth-order valence-corrected chi connectivity index (χ4v) is 3.73. The zero-order valence-electron chi connectivity index (χ0n) is 12.6. The third-order valence-electron chi connectivity index (χ3n) is 2.81. The molecule has 2 N–H and O–H groups in total. The van der Waals surface area contributed by atoms with Crippen molar-refractivity contribution in [3.8, 4) is 0 Å². The van der Waals surface area contributed by atoms with Crippen LogP contribution in [0.4, 0.5) is 0 Å². The third-order valence-corrected chi connectivity index (χ3v) is 4.82. The molecule has 0 radical (unpaired) electrons. The van der Waals surface area contributed by atoms with Crippen LogP contribution in [0.2, 0.25) is 5.02 Å². The number of hydrogen-bond acceptors (Lipinski definition) is 3. The molecule has 6 heteroatoms. The Kier molecular flexibility index (Phi) is 6.01. The molecule has 0 aliphatic rings. The van der Waals surface area contributed by atoms with Crippen molar-refractivity contribution in [2.75, 3.05) is 0 Å². The first kappa shape index (κ1) is 17.4. The van der Waals surface area contributed by atoms with Gasteiger partial charge in [-0.15, -0.1) is 0 Å². The van der Waals surface area contributed by atoms with Gasteiger partial charge < -0.3 is 5.32 Å². The molecule has 0 aromatic heterocycles. The van der Waals surface area contributed by atoms with Crippen molar-refractivity contribution in [1.29, 1.82) is 0 Å². The van der Waals surface area contributed by atoms with Gasteiger partial charge in [0.05, 0.1) is 4.90 Å². The fourth-order valence-electron chi connectivity index (χ4n) is 1.86. The molecule has 0 spiro atoms. The van der Waals surface area contributed by atoms with Crippen molar-refractivity contribution < 1.29 is 8.42 Å². The smallest absolute Gasteiger partial charge is 0.241 e. The van der Waals surface area contributed by atoms with Gasteiger partial charge >= 0.3 is 0 Å². The highest BCUT2D eigenvalue weighted by Gasteiger charge is 2.20. The maximum atomic E-state index is 12.3. The van der Waals surface area contributed by atoms with E-state index in [0.29, 0.717) is 17.6 Å². The van der Waals surface area contributed by atoms with Crippen LogP contribution in [0, 0.1) is 6.92 Å². The predicted octanol–water partition coefficient (Wildman–Crippen LogP) is 2.83. The van der Waals surface area contributed by atoms with Gasteiger partial charge in [0.2, 0.25) is 10.0 Å². The molecule has 0 saturated carbocycles. The van der Waals surface area contributed by atoms with Crippen molar-refractivity contribution in [1.82, 2.24) is 10.0 Å². The normalized spacial score (nSPS) is 12.4. The lowest BCUT2D eigenvalue weighted by Crippen LogP contribution is -2.31. The van der Waals surface area contributed by atoms with Crippen LogP contribution in [-0.4, -0.2) is 20.5 Å². The molecule has 0 bridgehead atoms. The Morgan fingerprint density at radius 3 is 2.25 bits per heavy atom. The molecule has 0 unspecified atom stereocenters. The molecular formula is C14H23ClN2O2S. The van der Waals surface area contributed by atoms with Crippen LogP contribution >= 0.6 is 11.6 Å². The Morgan fingerprint density at radius 1 is 1.15 bits per heavy atom. The lowest BCUT2D eigenvalue weighted by Gasteiger charge is -2.16. The first-order valence-corrected chi connectivity index (χ1v) is 8.54. The Labute approximate surface area is 127 Å². The van der Waals surface area contributed by atoms with Gasteiger partial charge in [0.25, 0.3) is 0 Å². The molecule has 0 fully saturated rings. The van der Waals surface area contributed by atoms with E-state index in [1.54, 1.807) is 19.9 Å². The predicted molar refractivity (Wildman–Crippen MR) is 83.6 cm³/mol. The van der Waals surface area contributed by atoms with Gasteiger partial charge in [-0.3, -0.25) is 0 Å². The average molecular weight is 319 g/mol. The first-order valence-electron chi connectivity index (χ1n) is 6.68. The van der Waals surface area contributed by atoms with Gasteiger partial charge in [-0.1, -0.05) is 25.4 Å². The molecule has 114 valence electrons. The molecule has 0 atom stereocenters. The summed E-state index contributed by atoms with van der Waals surface area (Å²) in [7, 11) is -3.54. The summed E-state index contributed by atoms with van der Waals surface area (Å²) in [5, 5.41) is 3.71. The van der Waals surface area contributed by atoms with Crippen LogP contribution in [0.1, 0.15) is 38.8 Å². The van der Waals surface area contributed by atoms with Crippen LogP contribution in [0.5, 0.6) is 0 Å². The number of benzene rings is 1. The number of nitrogens with one attached hydrogen (secondary N) is 2. The zero-order chi connectivity index (χ0) is 15.5. The third kappa shape index (κ3) is 4.74. The van der Waals surface area contributed by atoms with Gasteiger partial charge in [0, 0.05) is 23.7 Å². The van der Waals surface area contributed by atoms with Crippen molar-refractivity contribution in [3.05, 3.63) is 28.3 Å². The van der Waals surface area contributed by atoms with Crippen molar-refractivity contribution in [2.45, 2.75) is 58.1 Å². The molecule has 0 aliphatic heterocycles. The highest BCUT2D eigenvalue weighted by atomic mass is 35.5. The number of rotatable bonds is 6. The maximum absolute atomic E-state index is 12.3. The summed E-state index contributed by atoms with van der Waals surface area (Å²) in [6, 6.07) is 3.47. The topological polar surface area (TPSA) is 58.2 Å². The Hall–Kier alpha value is -0.620. The zero-order valence-corrected chi connectivity index (χ0v) is 14.2. The molecule has 1 aromatic carbocycles. The van der Waals surface area contributed by atoms with E-state index in [4.69, 9.17) is 11.6 Å². The monoisotopic (exact) mass is 318 g/mol. The Bertz CT molecular complexity index is 569. The molecule has 1 aromatic rings. The molecular weight excluding hydrogens is 296 g/mol. The highest BCUT2D eigenvalue weighted by molar-refractivity contribution is 7.89. The minimum absolute atomic E-state index is 0.157. The van der Waals surface area contributed by atoms with Gasteiger partial charge in [0.1, 0.15) is 0 Å². The number of halogens is 1. The summed E-state index contributed by atoms with van der Waals surface area (Å²) in [6.07, 6.45) is 0. The van der Waals surface area contributed by atoms with E-state index in [1.165, 1.54) is 6.07 Å². The van der Waals surface area contributed by atoms with E-state index in [2.05, 4.69) is 10.0 Å². The van der Waals surface area contributed by atoms with Gasteiger partial charge in [-0.2, -0.15) is 0 Å². The van der Waals surface area contributed by atoms with E-state index < -0.39 is 10.0 Å². The Morgan fingerprint density at radius 2 is 1.75 bits per heavy atom. The molecule has 0 heterocycles. The number of sulfonamides is 1. The van der Waals surface area contributed by atoms with E-state index in [1.807, 2.05) is 20.8 Å². The molecule has 4 nitrogen and oxygen atoms in total. The average Bonchev–Trinajstić information content (AvgIpc) is 2.27. The summed E-state index contributed by atoms with van der Waals surface area (Å²) in [5.41, 5.74) is 1.63. The van der Waals surface area contributed by atoms with Crippen molar-refractivity contribution >= 4 is 21.6 Å². The standard InChI is InChI=1S/C14H23ClN2O2S/c1-9(2)16-8-12-6-13(15)7-14(11(12)5)20(18,19)17-10(3)4/h6-7,9-10,16-17H,8H2,1-5H3. The molecule has 0 saturated heterocycles. The van der Waals surface area contributed by atoms with E-state index >= 15 is 0 Å². The van der Waals surface area contributed by atoms with Crippen molar-refractivity contribution in [3.63, 3.8) is 0 Å². The van der Waals surface area contributed by atoms with Crippen LogP contribution in [-0.2, 0) is 16.6 Å². The van der Waals surface area contributed by atoms with Crippen LogP contribution in [0.15, 0.2) is 17.0 Å². The second kappa shape index (κ2) is 6.89. The van der Waals surface area contributed by atoms with E-state index in [9.17, 15) is 8.42 Å². The molecule has 0 aliphatic carbocycles. The summed E-state index contributed by atoms with van der Waals surface area (Å²) in [6.45, 7) is 10.1. The largest absolute Gasteiger partial charge is 0.310 e. The molecule has 1 rings (SSSR count). The van der Waals surface area contributed by atoms with Gasteiger partial charge in [-0.05, 0) is 44.0 Å². The Balaban J connectivity index is 3.21. The quantitative estimate of drug-likeness (QED) is 0.848. The number of hydrogen-bond donors (Lipinski definition) is 2. The minimum atomic E-state index is -3.54. The van der Waals surface area contributed by atoms with E-state index in [-0.39, 0.29) is 10.9 Å².